The summed E-state index contributed by atoms with van der Waals surface area (Å²) in [7, 11) is 1.61. The zero-order valence-electron chi connectivity index (χ0n) is 19.3. The lowest BCUT2D eigenvalue weighted by Crippen LogP contribution is -2.53. The Morgan fingerprint density at radius 3 is 2.62 bits per heavy atom. The van der Waals surface area contributed by atoms with Crippen LogP contribution < -0.4 is 15.0 Å². The summed E-state index contributed by atoms with van der Waals surface area (Å²) in [5.74, 6) is 1.26. The number of urea groups is 1. The number of anilines is 1. The summed E-state index contributed by atoms with van der Waals surface area (Å²) in [6.07, 6.45) is 0. The van der Waals surface area contributed by atoms with E-state index in [0.717, 1.165) is 27.9 Å². The fraction of sp³-hybridized carbons (Fsp3) is 0.259. The number of methoxy groups -OCH3 is 1. The Morgan fingerprint density at radius 1 is 1.09 bits per heavy atom. The minimum atomic E-state index is -1.10. The second-order valence-electron chi connectivity index (χ2n) is 8.49. The number of carbonyl (C=O) groups excluding carboxylic acids is 2. The molecule has 6 nitrogen and oxygen atoms in total. The van der Waals surface area contributed by atoms with Crippen LogP contribution in [0.5, 0.6) is 5.75 Å². The maximum absolute atomic E-state index is 14.1. The molecule has 0 saturated carbocycles. The second-order valence-corrected chi connectivity index (χ2v) is 9.78. The Bertz CT molecular complexity index is 1230. The normalized spacial score (nSPS) is 18.9. The number of hydrogen-bond acceptors (Lipinski definition) is 4. The van der Waals surface area contributed by atoms with E-state index >= 15 is 0 Å². The van der Waals surface area contributed by atoms with Crippen LogP contribution in [0.15, 0.2) is 72.8 Å². The number of hydrogen-bond donors (Lipinski definition) is 1. The molecule has 1 fully saturated rings. The first-order valence-electron chi connectivity index (χ1n) is 11.3. The SMILES string of the molecule is COc1ccc2c(c1)[C@]1(SCCN1C(=O)NCc1ccccc1)C(=O)N2Cc1ccccc1C. The van der Waals surface area contributed by atoms with Crippen molar-refractivity contribution in [2.75, 3.05) is 24.3 Å². The Hall–Kier alpha value is -3.45. The molecule has 0 aromatic heterocycles. The zero-order valence-corrected chi connectivity index (χ0v) is 20.1. The first kappa shape index (κ1) is 22.3. The van der Waals surface area contributed by atoms with Crippen LogP contribution >= 0.6 is 11.8 Å². The van der Waals surface area contributed by atoms with Gasteiger partial charge in [0.1, 0.15) is 5.75 Å². The fourth-order valence-electron chi connectivity index (χ4n) is 4.71. The third-order valence-electron chi connectivity index (χ3n) is 6.52. The summed E-state index contributed by atoms with van der Waals surface area (Å²) < 4.78 is 5.49. The number of thioether (sulfide) groups is 1. The monoisotopic (exact) mass is 473 g/mol. The number of nitrogens with one attached hydrogen (secondary N) is 1. The Labute approximate surface area is 203 Å². The summed E-state index contributed by atoms with van der Waals surface area (Å²) in [5.41, 5.74) is 4.85. The van der Waals surface area contributed by atoms with Gasteiger partial charge < -0.3 is 15.0 Å². The minimum absolute atomic E-state index is 0.0867. The van der Waals surface area contributed by atoms with E-state index < -0.39 is 4.87 Å². The molecule has 3 amide bonds. The molecule has 1 atom stereocenters. The molecular weight excluding hydrogens is 446 g/mol. The van der Waals surface area contributed by atoms with Crippen LogP contribution in [-0.2, 0) is 22.8 Å². The minimum Gasteiger partial charge on any atom is -0.497 e. The van der Waals surface area contributed by atoms with E-state index in [2.05, 4.69) is 5.32 Å². The maximum Gasteiger partial charge on any atom is 0.319 e. The van der Waals surface area contributed by atoms with E-state index in [4.69, 9.17) is 4.74 Å². The maximum atomic E-state index is 14.1. The number of carbonyl (C=O) groups is 2. The Balaban J connectivity index is 1.51. The van der Waals surface area contributed by atoms with Crippen LogP contribution in [0.1, 0.15) is 22.3 Å². The molecule has 3 aromatic rings. The van der Waals surface area contributed by atoms with Crippen LogP contribution in [0.2, 0.25) is 0 Å². The van der Waals surface area contributed by atoms with Crippen LogP contribution in [-0.4, -0.2) is 36.2 Å². The second kappa shape index (κ2) is 9.06. The molecule has 3 aromatic carbocycles. The molecule has 0 aliphatic carbocycles. The summed E-state index contributed by atoms with van der Waals surface area (Å²) >= 11 is 1.52. The van der Waals surface area contributed by atoms with E-state index in [1.54, 1.807) is 12.0 Å². The van der Waals surface area contributed by atoms with Crippen molar-refractivity contribution in [3.05, 3.63) is 95.1 Å². The quantitative estimate of drug-likeness (QED) is 0.585. The van der Waals surface area contributed by atoms with Gasteiger partial charge in [-0.2, -0.15) is 0 Å². The van der Waals surface area contributed by atoms with E-state index in [1.165, 1.54) is 11.8 Å². The molecule has 0 radical (unpaired) electrons. The molecule has 2 heterocycles. The van der Waals surface area contributed by atoms with Crippen molar-refractivity contribution in [3.63, 3.8) is 0 Å². The lowest BCUT2D eigenvalue weighted by atomic mass is 10.1. The van der Waals surface area contributed by atoms with Gasteiger partial charge in [0, 0.05) is 24.4 Å². The van der Waals surface area contributed by atoms with Crippen molar-refractivity contribution in [3.8, 4) is 5.75 Å². The van der Waals surface area contributed by atoms with Crippen molar-refractivity contribution in [2.24, 2.45) is 0 Å². The average Bonchev–Trinajstić information content (AvgIpc) is 3.41. The van der Waals surface area contributed by atoms with Gasteiger partial charge in [0.2, 0.25) is 0 Å². The molecule has 1 N–H and O–H groups in total. The predicted molar refractivity (Wildman–Crippen MR) is 135 cm³/mol. The molecule has 2 aliphatic heterocycles. The lowest BCUT2D eigenvalue weighted by molar-refractivity contribution is -0.123. The van der Waals surface area contributed by atoms with Crippen molar-refractivity contribution >= 4 is 29.4 Å². The molecule has 1 saturated heterocycles. The van der Waals surface area contributed by atoms with Crippen molar-refractivity contribution in [1.29, 1.82) is 0 Å². The smallest absolute Gasteiger partial charge is 0.319 e. The molecule has 2 aliphatic rings. The number of rotatable bonds is 5. The van der Waals surface area contributed by atoms with Gasteiger partial charge >= 0.3 is 6.03 Å². The molecule has 174 valence electrons. The highest BCUT2D eigenvalue weighted by molar-refractivity contribution is 8.01. The summed E-state index contributed by atoms with van der Waals surface area (Å²) in [4.78, 5) is 29.9. The standard InChI is InChI=1S/C27H27N3O3S/c1-19-8-6-7-11-21(19)18-29-24-13-12-22(33-2)16-23(24)27(25(29)31)30(14-15-34-27)26(32)28-17-20-9-4-3-5-10-20/h3-13,16H,14-15,17-18H2,1-2H3,(H,28,32)/t27-/m0/s1. The van der Waals surface area contributed by atoms with Crippen molar-refractivity contribution in [2.45, 2.75) is 24.9 Å². The van der Waals surface area contributed by atoms with Crippen LogP contribution in [0.4, 0.5) is 10.5 Å². The average molecular weight is 474 g/mol. The molecule has 5 rings (SSSR count). The number of benzene rings is 3. The molecule has 1 spiro atoms. The number of amides is 3. The molecule has 0 bridgehead atoms. The highest BCUT2D eigenvalue weighted by Gasteiger charge is 2.59. The highest BCUT2D eigenvalue weighted by Crippen LogP contribution is 2.55. The summed E-state index contributed by atoms with van der Waals surface area (Å²) in [6.45, 7) is 3.40. The van der Waals surface area contributed by atoms with Crippen LogP contribution in [0.25, 0.3) is 0 Å². The van der Waals surface area contributed by atoms with E-state index in [0.29, 0.717) is 31.1 Å². The lowest BCUT2D eigenvalue weighted by Gasteiger charge is -2.33. The van der Waals surface area contributed by atoms with Gasteiger partial charge in [-0.05, 0) is 41.8 Å². The number of nitrogens with zero attached hydrogens (tertiary/aromatic N) is 2. The van der Waals surface area contributed by atoms with Gasteiger partial charge in [0.05, 0.1) is 19.3 Å². The number of fused-ring (bicyclic) bond motifs is 2. The van der Waals surface area contributed by atoms with E-state index in [9.17, 15) is 9.59 Å². The van der Waals surface area contributed by atoms with Gasteiger partial charge in [0.25, 0.3) is 5.91 Å². The van der Waals surface area contributed by atoms with Gasteiger partial charge in [-0.25, -0.2) is 4.79 Å². The Kier molecular flexibility index (Phi) is 5.96. The van der Waals surface area contributed by atoms with Gasteiger partial charge in [-0.3, -0.25) is 9.69 Å². The van der Waals surface area contributed by atoms with Gasteiger partial charge in [-0.15, -0.1) is 11.8 Å². The predicted octanol–water partition coefficient (Wildman–Crippen LogP) is 4.66. The van der Waals surface area contributed by atoms with E-state index in [-0.39, 0.29) is 11.9 Å². The summed E-state index contributed by atoms with van der Waals surface area (Å²) in [6, 6.07) is 23.3. The third-order valence-corrected chi connectivity index (χ3v) is 7.94. The largest absolute Gasteiger partial charge is 0.497 e. The summed E-state index contributed by atoms with van der Waals surface area (Å²) in [5, 5.41) is 3.02. The van der Waals surface area contributed by atoms with Gasteiger partial charge in [-0.1, -0.05) is 54.6 Å². The third kappa shape index (κ3) is 3.70. The first-order valence-corrected chi connectivity index (χ1v) is 12.3. The fourth-order valence-corrected chi connectivity index (χ4v) is 6.16. The molecule has 7 heteroatoms. The molecule has 0 unspecified atom stereocenters. The van der Waals surface area contributed by atoms with Crippen LogP contribution in [0, 0.1) is 6.92 Å². The van der Waals surface area contributed by atoms with Crippen molar-refractivity contribution in [1.82, 2.24) is 10.2 Å². The number of ether oxygens (including phenoxy) is 1. The molecular formula is C27H27N3O3S. The molecule has 34 heavy (non-hydrogen) atoms. The highest BCUT2D eigenvalue weighted by atomic mass is 32.2. The topological polar surface area (TPSA) is 61.9 Å². The van der Waals surface area contributed by atoms with Crippen molar-refractivity contribution < 1.29 is 14.3 Å². The van der Waals surface area contributed by atoms with Crippen LogP contribution in [0.3, 0.4) is 0 Å². The first-order chi connectivity index (χ1) is 16.5. The zero-order chi connectivity index (χ0) is 23.7. The van der Waals surface area contributed by atoms with E-state index in [1.807, 2.05) is 84.6 Å². The van der Waals surface area contributed by atoms with Gasteiger partial charge in [0.15, 0.2) is 4.87 Å². The number of aryl methyl sites for hydroxylation is 1. The Morgan fingerprint density at radius 2 is 1.85 bits per heavy atom.